The summed E-state index contributed by atoms with van der Waals surface area (Å²) < 4.78 is 0. The molecule has 0 N–H and O–H groups in total. The van der Waals surface area contributed by atoms with Crippen molar-refractivity contribution in [2.75, 3.05) is 0 Å². The van der Waals surface area contributed by atoms with Crippen LogP contribution in [-0.4, -0.2) is 10.5 Å². The summed E-state index contributed by atoms with van der Waals surface area (Å²) in [6.07, 6.45) is 7.84. The van der Waals surface area contributed by atoms with Crippen LogP contribution in [0, 0.1) is 22.7 Å². The van der Waals surface area contributed by atoms with Crippen LogP contribution in [0.1, 0.15) is 43.4 Å². The van der Waals surface area contributed by atoms with Crippen molar-refractivity contribution in [1.29, 1.82) is 0 Å². The molecule has 0 aliphatic heterocycles. The first-order valence-corrected chi connectivity index (χ1v) is 8.29. The van der Waals surface area contributed by atoms with Gasteiger partial charge in [-0.1, -0.05) is 6.07 Å². The van der Waals surface area contributed by atoms with E-state index in [4.69, 9.17) is 0 Å². The zero-order chi connectivity index (χ0) is 12.9. The molecule has 0 atom stereocenters. The fourth-order valence-corrected chi connectivity index (χ4v) is 5.90. The smallest absolute Gasteiger partial charge is 0.0742 e. The van der Waals surface area contributed by atoms with E-state index >= 15 is 0 Å². The first kappa shape index (κ1) is 11.9. The molecule has 4 aliphatic carbocycles. The highest BCUT2D eigenvalue weighted by Gasteiger charge is 2.54. The van der Waals surface area contributed by atoms with Gasteiger partial charge in [0.25, 0.3) is 0 Å². The summed E-state index contributed by atoms with van der Waals surface area (Å²) >= 11 is 1.73. The van der Waals surface area contributed by atoms with E-state index in [9.17, 15) is 4.91 Å². The Hall–Kier alpha value is -0.900. The zero-order valence-corrected chi connectivity index (χ0v) is 11.9. The predicted molar refractivity (Wildman–Crippen MR) is 76.6 cm³/mol. The van der Waals surface area contributed by atoms with E-state index in [0.29, 0.717) is 6.54 Å². The van der Waals surface area contributed by atoms with Crippen molar-refractivity contribution < 1.29 is 0 Å². The number of nitroso groups, excluding NO2 is 1. The Morgan fingerprint density at radius 2 is 1.84 bits per heavy atom. The second-order valence-electron chi connectivity index (χ2n) is 6.86. The summed E-state index contributed by atoms with van der Waals surface area (Å²) in [6.45, 7) is 0.716. The van der Waals surface area contributed by atoms with Crippen molar-refractivity contribution >= 4 is 11.3 Å². The van der Waals surface area contributed by atoms with E-state index in [1.54, 1.807) is 11.3 Å². The topological polar surface area (TPSA) is 32.7 Å². The molecule has 0 aromatic carbocycles. The lowest BCUT2D eigenvalue weighted by Gasteiger charge is -2.58. The molecule has 4 fully saturated rings. The fraction of sp³-hybridized carbons (Fsp3) is 0.733. The molecular weight excluding hydrogens is 256 g/mol. The molecule has 4 saturated carbocycles. The minimum atomic E-state index is 0.0977. The highest BCUT2D eigenvalue weighted by Crippen LogP contribution is 2.58. The van der Waals surface area contributed by atoms with Crippen molar-refractivity contribution in [3.63, 3.8) is 0 Å². The van der Waals surface area contributed by atoms with Gasteiger partial charge in [-0.25, -0.2) is 5.01 Å². The lowest BCUT2D eigenvalue weighted by atomic mass is 9.53. The van der Waals surface area contributed by atoms with Gasteiger partial charge in [0.2, 0.25) is 0 Å². The molecule has 1 aromatic rings. The molecule has 3 nitrogen and oxygen atoms in total. The van der Waals surface area contributed by atoms with Crippen LogP contribution in [0.4, 0.5) is 0 Å². The number of hydrogen-bond acceptors (Lipinski definition) is 3. The predicted octanol–water partition coefficient (Wildman–Crippen LogP) is 4.20. The monoisotopic (exact) mass is 276 g/mol. The Morgan fingerprint density at radius 1 is 1.21 bits per heavy atom. The second-order valence-corrected chi connectivity index (χ2v) is 7.89. The van der Waals surface area contributed by atoms with Crippen molar-refractivity contribution in [2.45, 2.75) is 50.6 Å². The van der Waals surface area contributed by atoms with Crippen LogP contribution in [0.2, 0.25) is 0 Å². The third-order valence-electron chi connectivity index (χ3n) is 5.54. The standard InChI is InChI=1S/C15H20N2OS/c18-16-17(10-14-2-1-3-19-14)15-7-11-4-12(8-15)6-13(5-11)9-15/h1-3,11-13H,4-10H2. The third-order valence-corrected chi connectivity index (χ3v) is 6.40. The largest absolute Gasteiger partial charge is 0.250 e. The molecule has 4 bridgehead atoms. The van der Waals surface area contributed by atoms with Crippen LogP contribution in [0.3, 0.4) is 0 Å². The van der Waals surface area contributed by atoms with Crippen LogP contribution in [0.5, 0.6) is 0 Å². The van der Waals surface area contributed by atoms with E-state index in [2.05, 4.69) is 22.8 Å². The minimum Gasteiger partial charge on any atom is -0.250 e. The Labute approximate surface area is 117 Å². The van der Waals surface area contributed by atoms with Gasteiger partial charge in [0.1, 0.15) is 0 Å². The Balaban J connectivity index is 1.60. The summed E-state index contributed by atoms with van der Waals surface area (Å²) in [7, 11) is 0. The normalized spacial score (nSPS) is 39.5. The molecule has 4 aliphatic rings. The maximum absolute atomic E-state index is 11.4. The lowest BCUT2D eigenvalue weighted by molar-refractivity contribution is -0.0925. The van der Waals surface area contributed by atoms with E-state index in [1.807, 2.05) is 5.01 Å². The fourth-order valence-electron chi connectivity index (χ4n) is 5.21. The van der Waals surface area contributed by atoms with Crippen molar-refractivity contribution in [3.8, 4) is 0 Å². The molecule has 0 saturated heterocycles. The van der Waals surface area contributed by atoms with Gasteiger partial charge in [0.05, 0.1) is 17.4 Å². The second kappa shape index (κ2) is 4.30. The maximum Gasteiger partial charge on any atom is 0.0742 e. The molecule has 102 valence electrons. The van der Waals surface area contributed by atoms with E-state index in [1.165, 1.54) is 43.4 Å². The van der Waals surface area contributed by atoms with E-state index in [-0.39, 0.29) is 5.54 Å². The number of hydrogen-bond donors (Lipinski definition) is 0. The summed E-state index contributed by atoms with van der Waals surface area (Å²) in [5.41, 5.74) is 0.0977. The molecule has 0 radical (unpaired) electrons. The third kappa shape index (κ3) is 1.92. The molecule has 0 spiro atoms. The molecule has 0 unspecified atom stereocenters. The Morgan fingerprint density at radius 3 is 2.32 bits per heavy atom. The van der Waals surface area contributed by atoms with Gasteiger partial charge in [0.15, 0.2) is 0 Å². The Kier molecular flexibility index (Phi) is 2.69. The van der Waals surface area contributed by atoms with Crippen molar-refractivity contribution in [1.82, 2.24) is 5.01 Å². The van der Waals surface area contributed by atoms with Gasteiger partial charge in [-0.15, -0.1) is 16.2 Å². The molecule has 4 heteroatoms. The van der Waals surface area contributed by atoms with Gasteiger partial charge < -0.3 is 0 Å². The van der Waals surface area contributed by atoms with Gasteiger partial charge >= 0.3 is 0 Å². The number of rotatable bonds is 4. The molecule has 0 amide bonds. The summed E-state index contributed by atoms with van der Waals surface area (Å²) in [6, 6.07) is 4.17. The van der Waals surface area contributed by atoms with Crippen LogP contribution in [-0.2, 0) is 6.54 Å². The van der Waals surface area contributed by atoms with E-state index in [0.717, 1.165) is 17.8 Å². The molecule has 1 heterocycles. The number of nitrogens with zero attached hydrogens (tertiary/aromatic N) is 2. The van der Waals surface area contributed by atoms with Gasteiger partial charge in [0, 0.05) is 4.88 Å². The van der Waals surface area contributed by atoms with Crippen molar-refractivity contribution in [3.05, 3.63) is 27.3 Å². The molecule has 1 aromatic heterocycles. The first-order chi connectivity index (χ1) is 9.27. The van der Waals surface area contributed by atoms with Gasteiger partial charge in [-0.2, -0.15) is 0 Å². The Bertz CT molecular complexity index is 435. The van der Waals surface area contributed by atoms with Gasteiger partial charge in [-0.05, 0) is 67.7 Å². The molecular formula is C15H20N2OS. The summed E-state index contributed by atoms with van der Waals surface area (Å²) in [4.78, 5) is 12.7. The van der Waals surface area contributed by atoms with Gasteiger partial charge in [-0.3, -0.25) is 0 Å². The quantitative estimate of drug-likeness (QED) is 0.610. The molecule has 19 heavy (non-hydrogen) atoms. The van der Waals surface area contributed by atoms with E-state index < -0.39 is 0 Å². The SMILES string of the molecule is O=NN(Cc1cccs1)C12CC3CC(CC(C3)C1)C2. The average Bonchev–Trinajstić information content (AvgIpc) is 2.87. The highest BCUT2D eigenvalue weighted by atomic mass is 32.1. The number of thiophene rings is 1. The van der Waals surface area contributed by atoms with Crippen LogP contribution >= 0.6 is 11.3 Å². The zero-order valence-electron chi connectivity index (χ0n) is 11.1. The molecule has 5 rings (SSSR count). The minimum absolute atomic E-state index is 0.0977. The van der Waals surface area contributed by atoms with Crippen LogP contribution in [0.15, 0.2) is 22.8 Å². The maximum atomic E-state index is 11.4. The summed E-state index contributed by atoms with van der Waals surface area (Å²) in [5, 5.41) is 7.43. The highest BCUT2D eigenvalue weighted by molar-refractivity contribution is 7.09. The first-order valence-electron chi connectivity index (χ1n) is 7.41. The summed E-state index contributed by atoms with van der Waals surface area (Å²) in [5.74, 6) is 2.58. The van der Waals surface area contributed by atoms with Crippen molar-refractivity contribution in [2.24, 2.45) is 23.0 Å². The average molecular weight is 276 g/mol. The van der Waals surface area contributed by atoms with Crippen LogP contribution < -0.4 is 0 Å². The van der Waals surface area contributed by atoms with Crippen LogP contribution in [0.25, 0.3) is 0 Å². The lowest BCUT2D eigenvalue weighted by Crippen LogP contribution is -2.58.